The zero-order valence-corrected chi connectivity index (χ0v) is 12.8. The zero-order chi connectivity index (χ0) is 16.8. The second-order valence-electron chi connectivity index (χ2n) is 5.21. The molecule has 1 aliphatic heterocycles. The Labute approximate surface area is 134 Å². The molecule has 0 saturated heterocycles. The molecule has 23 heavy (non-hydrogen) atoms. The van der Waals surface area contributed by atoms with Crippen molar-refractivity contribution >= 4 is 5.97 Å². The Morgan fingerprint density at radius 3 is 2.83 bits per heavy atom. The van der Waals surface area contributed by atoms with Gasteiger partial charge in [-0.2, -0.15) is 0 Å². The lowest BCUT2D eigenvalue weighted by atomic mass is 9.93. The number of aliphatic hydroxyl groups excluding tert-OH is 1. The van der Waals surface area contributed by atoms with Crippen LogP contribution in [0.5, 0.6) is 11.5 Å². The number of carbonyl (C=O) groups excluding carboxylic acids is 1. The van der Waals surface area contributed by atoms with E-state index in [2.05, 4.69) is 0 Å². The number of aromatic hydroxyl groups is 2. The molecule has 124 valence electrons. The van der Waals surface area contributed by atoms with Crippen LogP contribution < -0.4 is 0 Å². The first-order valence-corrected chi connectivity index (χ1v) is 7.34. The van der Waals surface area contributed by atoms with E-state index in [4.69, 9.17) is 9.47 Å². The summed E-state index contributed by atoms with van der Waals surface area (Å²) in [6, 6.07) is 4.47. The first kappa shape index (κ1) is 16.9. The van der Waals surface area contributed by atoms with Crippen molar-refractivity contribution in [2.45, 2.75) is 26.1 Å². The Morgan fingerprint density at radius 2 is 2.13 bits per heavy atom. The summed E-state index contributed by atoms with van der Waals surface area (Å²) in [6.45, 7) is 1.94. The van der Waals surface area contributed by atoms with Crippen molar-refractivity contribution in [3.63, 3.8) is 0 Å². The second kappa shape index (κ2) is 7.69. The Hall–Kier alpha value is -2.47. The largest absolute Gasteiger partial charge is 0.504 e. The smallest absolute Gasteiger partial charge is 0.306 e. The summed E-state index contributed by atoms with van der Waals surface area (Å²) in [5.41, 5.74) is 1.39. The minimum Gasteiger partial charge on any atom is -0.504 e. The van der Waals surface area contributed by atoms with Gasteiger partial charge in [0.15, 0.2) is 11.5 Å². The number of allylic oxidation sites excluding steroid dienone is 2. The van der Waals surface area contributed by atoms with Crippen LogP contribution in [0.3, 0.4) is 0 Å². The molecule has 0 fully saturated rings. The Morgan fingerprint density at radius 1 is 1.35 bits per heavy atom. The number of hydrogen-bond acceptors (Lipinski definition) is 6. The Bertz CT molecular complexity index is 620. The molecule has 1 aromatic rings. The van der Waals surface area contributed by atoms with Gasteiger partial charge < -0.3 is 24.8 Å². The molecule has 1 aliphatic rings. The molecular weight excluding hydrogens is 300 g/mol. The van der Waals surface area contributed by atoms with Gasteiger partial charge in [-0.15, -0.1) is 0 Å². The van der Waals surface area contributed by atoms with E-state index in [1.54, 1.807) is 25.1 Å². The van der Waals surface area contributed by atoms with Crippen molar-refractivity contribution in [1.82, 2.24) is 0 Å². The lowest BCUT2D eigenvalue weighted by Gasteiger charge is -2.24. The molecule has 0 aromatic heterocycles. The summed E-state index contributed by atoms with van der Waals surface area (Å²) in [4.78, 5) is 11.9. The van der Waals surface area contributed by atoms with Gasteiger partial charge in [-0.05, 0) is 30.7 Å². The quantitative estimate of drug-likeness (QED) is 0.436. The van der Waals surface area contributed by atoms with E-state index >= 15 is 0 Å². The van der Waals surface area contributed by atoms with Crippen molar-refractivity contribution in [2.75, 3.05) is 6.61 Å². The lowest BCUT2D eigenvalue weighted by molar-refractivity contribution is -0.144. The van der Waals surface area contributed by atoms with Crippen LogP contribution in [-0.4, -0.2) is 34.2 Å². The van der Waals surface area contributed by atoms with Crippen LogP contribution in [0, 0.1) is 5.92 Å². The second-order valence-corrected chi connectivity index (χ2v) is 5.21. The van der Waals surface area contributed by atoms with Crippen molar-refractivity contribution in [3.05, 3.63) is 47.7 Å². The highest BCUT2D eigenvalue weighted by atomic mass is 16.6. The normalized spacial score (nSPS) is 21.9. The standard InChI is InChI=1S/C17H20O6/c1-2-13-12(6-8-23-17(13)21)10-16(20)22-7-5-11-3-4-14(18)15(19)9-11/h2-4,6,8-9,12,17-19,21H,5,7,10H2,1H3/b13-2-/t12-,17+/m0/s1. The van der Waals surface area contributed by atoms with E-state index in [-0.39, 0.29) is 36.4 Å². The van der Waals surface area contributed by atoms with Gasteiger partial charge in [-0.25, -0.2) is 0 Å². The topological polar surface area (TPSA) is 96.2 Å². The number of hydrogen-bond donors (Lipinski definition) is 3. The maximum atomic E-state index is 11.9. The number of carbonyl (C=O) groups is 1. The monoisotopic (exact) mass is 320 g/mol. The van der Waals surface area contributed by atoms with Crippen LogP contribution in [0.15, 0.2) is 42.2 Å². The first-order valence-electron chi connectivity index (χ1n) is 7.34. The summed E-state index contributed by atoms with van der Waals surface area (Å²) in [6.07, 6.45) is 4.35. The van der Waals surface area contributed by atoms with Crippen LogP contribution in [0.25, 0.3) is 0 Å². The molecule has 1 heterocycles. The number of esters is 1. The third-order valence-electron chi connectivity index (χ3n) is 3.65. The fraction of sp³-hybridized carbons (Fsp3) is 0.353. The molecule has 1 aromatic carbocycles. The summed E-state index contributed by atoms with van der Waals surface area (Å²) < 4.78 is 10.1. The average Bonchev–Trinajstić information content (AvgIpc) is 2.51. The van der Waals surface area contributed by atoms with Gasteiger partial charge in [-0.1, -0.05) is 12.1 Å². The van der Waals surface area contributed by atoms with Crippen molar-refractivity contribution in [3.8, 4) is 11.5 Å². The zero-order valence-electron chi connectivity index (χ0n) is 12.8. The van der Waals surface area contributed by atoms with Crippen LogP contribution in [0.2, 0.25) is 0 Å². The van der Waals surface area contributed by atoms with Gasteiger partial charge in [0.25, 0.3) is 0 Å². The summed E-state index contributed by atoms with van der Waals surface area (Å²) >= 11 is 0. The average molecular weight is 320 g/mol. The van der Waals surface area contributed by atoms with E-state index in [1.165, 1.54) is 18.4 Å². The maximum absolute atomic E-state index is 11.9. The van der Waals surface area contributed by atoms with Crippen molar-refractivity contribution in [2.24, 2.45) is 5.92 Å². The minimum absolute atomic E-state index is 0.122. The molecule has 0 aliphatic carbocycles. The molecule has 6 nitrogen and oxygen atoms in total. The highest BCUT2D eigenvalue weighted by molar-refractivity contribution is 5.70. The van der Waals surface area contributed by atoms with Crippen LogP contribution in [0.1, 0.15) is 18.9 Å². The van der Waals surface area contributed by atoms with Crippen molar-refractivity contribution < 1.29 is 29.6 Å². The third kappa shape index (κ3) is 4.50. The molecular formula is C17H20O6. The summed E-state index contributed by atoms with van der Waals surface area (Å²) in [5.74, 6) is -1.01. The van der Waals surface area contributed by atoms with Gasteiger partial charge in [0.2, 0.25) is 6.29 Å². The van der Waals surface area contributed by atoms with Crippen LogP contribution >= 0.6 is 0 Å². The van der Waals surface area contributed by atoms with Gasteiger partial charge in [0.05, 0.1) is 19.3 Å². The third-order valence-corrected chi connectivity index (χ3v) is 3.65. The van der Waals surface area contributed by atoms with Crippen LogP contribution in [0.4, 0.5) is 0 Å². The molecule has 2 atom stereocenters. The molecule has 2 rings (SSSR count). The highest BCUT2D eigenvalue weighted by Crippen LogP contribution is 2.26. The summed E-state index contributed by atoms with van der Waals surface area (Å²) in [7, 11) is 0. The van der Waals surface area contributed by atoms with Gasteiger partial charge >= 0.3 is 5.97 Å². The highest BCUT2D eigenvalue weighted by Gasteiger charge is 2.25. The van der Waals surface area contributed by atoms with Gasteiger partial charge in [0.1, 0.15) is 0 Å². The number of aliphatic hydroxyl groups is 1. The number of rotatable bonds is 5. The van der Waals surface area contributed by atoms with E-state index in [0.717, 1.165) is 5.56 Å². The summed E-state index contributed by atoms with van der Waals surface area (Å²) in [5, 5.41) is 28.3. The predicted octanol–water partition coefficient (Wildman–Crippen LogP) is 2.00. The molecule has 0 saturated carbocycles. The molecule has 0 unspecified atom stereocenters. The molecule has 0 radical (unpaired) electrons. The van der Waals surface area contributed by atoms with E-state index in [0.29, 0.717) is 12.0 Å². The Balaban J connectivity index is 1.82. The lowest BCUT2D eigenvalue weighted by Crippen LogP contribution is -2.24. The number of benzene rings is 1. The molecule has 0 amide bonds. The SMILES string of the molecule is C/C=C1\[C@H](O)OC=C[C@H]1CC(=O)OCCc1ccc(O)c(O)c1. The number of ether oxygens (including phenoxy) is 2. The van der Waals surface area contributed by atoms with Gasteiger partial charge in [-0.3, -0.25) is 4.79 Å². The maximum Gasteiger partial charge on any atom is 0.306 e. The molecule has 0 bridgehead atoms. The number of phenolic OH excluding ortho intramolecular Hbond substituents is 2. The minimum atomic E-state index is -1.03. The molecule has 6 heteroatoms. The molecule has 0 spiro atoms. The fourth-order valence-corrected chi connectivity index (χ4v) is 2.38. The Kier molecular flexibility index (Phi) is 5.65. The fourth-order valence-electron chi connectivity index (χ4n) is 2.38. The number of phenols is 2. The predicted molar refractivity (Wildman–Crippen MR) is 82.5 cm³/mol. The van der Waals surface area contributed by atoms with E-state index < -0.39 is 6.29 Å². The van der Waals surface area contributed by atoms with Gasteiger partial charge in [0, 0.05) is 17.9 Å². The van der Waals surface area contributed by atoms with Crippen molar-refractivity contribution in [1.29, 1.82) is 0 Å². The van der Waals surface area contributed by atoms with E-state index in [9.17, 15) is 20.1 Å². The van der Waals surface area contributed by atoms with E-state index in [1.807, 2.05) is 0 Å². The molecule has 3 N–H and O–H groups in total. The first-order chi connectivity index (χ1) is 11.0. The van der Waals surface area contributed by atoms with Crippen LogP contribution in [-0.2, 0) is 20.7 Å².